The predicted octanol–water partition coefficient (Wildman–Crippen LogP) is 2.73. The highest BCUT2D eigenvalue weighted by Crippen LogP contribution is 2.34. The summed E-state index contributed by atoms with van der Waals surface area (Å²) in [5.74, 6) is 0. The molecule has 0 bridgehead atoms. The van der Waals surface area contributed by atoms with Crippen LogP contribution in [0.15, 0.2) is 47.4 Å². The summed E-state index contributed by atoms with van der Waals surface area (Å²) in [5.41, 5.74) is 1.32. The standard InChI is InChI=1S/C15H16N2O4S/c1-3-11-8-9-12(14(10-11)17(18)19)13-6-4-5-7-15(13)22(20,21)16-2/h4-10,16H,3H2,1-2H3. The first-order valence-electron chi connectivity index (χ1n) is 6.71. The Hall–Kier alpha value is -2.25. The molecule has 0 heterocycles. The topological polar surface area (TPSA) is 89.3 Å². The molecular formula is C15H16N2O4S. The Bertz CT molecular complexity index is 816. The van der Waals surface area contributed by atoms with Gasteiger partial charge < -0.3 is 0 Å². The minimum Gasteiger partial charge on any atom is -0.258 e. The lowest BCUT2D eigenvalue weighted by Crippen LogP contribution is -2.19. The SMILES string of the molecule is CCc1ccc(-c2ccccc2S(=O)(=O)NC)c([N+](=O)[O-])c1. The Morgan fingerprint density at radius 3 is 2.41 bits per heavy atom. The summed E-state index contributed by atoms with van der Waals surface area (Å²) in [6.07, 6.45) is 0.664. The van der Waals surface area contributed by atoms with Crippen molar-refractivity contribution in [3.63, 3.8) is 0 Å². The molecule has 0 aliphatic carbocycles. The minimum atomic E-state index is -3.71. The second-order valence-corrected chi connectivity index (χ2v) is 6.52. The lowest BCUT2D eigenvalue weighted by atomic mass is 10.0. The van der Waals surface area contributed by atoms with Crippen LogP contribution in [0.1, 0.15) is 12.5 Å². The molecule has 0 radical (unpaired) electrons. The monoisotopic (exact) mass is 320 g/mol. The fourth-order valence-electron chi connectivity index (χ4n) is 2.21. The van der Waals surface area contributed by atoms with E-state index in [-0.39, 0.29) is 16.1 Å². The number of hydrogen-bond donors (Lipinski definition) is 1. The summed E-state index contributed by atoms with van der Waals surface area (Å²) < 4.78 is 26.5. The van der Waals surface area contributed by atoms with E-state index < -0.39 is 14.9 Å². The number of nitro benzene ring substituents is 1. The largest absolute Gasteiger partial charge is 0.277 e. The van der Waals surface area contributed by atoms with Gasteiger partial charge in [0.1, 0.15) is 0 Å². The highest BCUT2D eigenvalue weighted by Gasteiger charge is 2.23. The second-order valence-electron chi connectivity index (χ2n) is 4.67. The third-order valence-corrected chi connectivity index (χ3v) is 4.88. The van der Waals surface area contributed by atoms with E-state index in [1.54, 1.807) is 30.3 Å². The van der Waals surface area contributed by atoms with Crippen LogP contribution in [0.3, 0.4) is 0 Å². The lowest BCUT2D eigenvalue weighted by molar-refractivity contribution is -0.384. The van der Waals surface area contributed by atoms with Crippen LogP contribution < -0.4 is 4.72 Å². The van der Waals surface area contributed by atoms with Crippen LogP contribution in [-0.4, -0.2) is 20.4 Å². The fourth-order valence-corrected chi connectivity index (χ4v) is 3.15. The van der Waals surface area contributed by atoms with Crippen molar-refractivity contribution in [2.75, 3.05) is 7.05 Å². The van der Waals surface area contributed by atoms with Crippen LogP contribution in [-0.2, 0) is 16.4 Å². The first-order chi connectivity index (χ1) is 10.4. The first kappa shape index (κ1) is 16.1. The van der Waals surface area contributed by atoms with Crippen LogP contribution in [0.25, 0.3) is 11.1 Å². The number of nitro groups is 1. The maximum absolute atomic E-state index is 12.1. The number of benzene rings is 2. The van der Waals surface area contributed by atoms with Gasteiger partial charge in [-0.1, -0.05) is 31.2 Å². The number of nitrogens with zero attached hydrogens (tertiary/aromatic N) is 1. The molecule has 0 saturated carbocycles. The average molecular weight is 320 g/mol. The van der Waals surface area contributed by atoms with E-state index in [1.165, 1.54) is 19.2 Å². The molecule has 0 unspecified atom stereocenters. The molecule has 0 atom stereocenters. The van der Waals surface area contributed by atoms with Crippen molar-refractivity contribution in [1.82, 2.24) is 4.72 Å². The fraction of sp³-hybridized carbons (Fsp3) is 0.200. The van der Waals surface area contributed by atoms with Crippen molar-refractivity contribution in [3.8, 4) is 11.1 Å². The van der Waals surface area contributed by atoms with E-state index in [4.69, 9.17) is 0 Å². The van der Waals surface area contributed by atoms with Gasteiger partial charge in [0.15, 0.2) is 0 Å². The molecule has 0 amide bonds. The Morgan fingerprint density at radius 2 is 1.82 bits per heavy atom. The zero-order valence-corrected chi connectivity index (χ0v) is 13.1. The molecule has 0 aliphatic rings. The quantitative estimate of drug-likeness (QED) is 0.677. The number of nitrogens with one attached hydrogen (secondary N) is 1. The normalized spacial score (nSPS) is 11.4. The van der Waals surface area contributed by atoms with Crippen molar-refractivity contribution >= 4 is 15.7 Å². The Morgan fingerprint density at radius 1 is 1.14 bits per heavy atom. The number of rotatable bonds is 5. The molecule has 1 N–H and O–H groups in total. The van der Waals surface area contributed by atoms with Gasteiger partial charge in [-0.2, -0.15) is 0 Å². The van der Waals surface area contributed by atoms with E-state index in [0.717, 1.165) is 5.56 Å². The number of hydrogen-bond acceptors (Lipinski definition) is 4. The molecule has 0 aromatic heterocycles. The number of aryl methyl sites for hydroxylation is 1. The van der Waals surface area contributed by atoms with E-state index in [9.17, 15) is 18.5 Å². The molecule has 0 fully saturated rings. The molecule has 0 aliphatic heterocycles. The summed E-state index contributed by atoms with van der Waals surface area (Å²) in [7, 11) is -2.40. The third kappa shape index (κ3) is 3.00. The van der Waals surface area contributed by atoms with Crippen LogP contribution >= 0.6 is 0 Å². The van der Waals surface area contributed by atoms with Crippen molar-refractivity contribution in [1.29, 1.82) is 0 Å². The summed E-state index contributed by atoms with van der Waals surface area (Å²) >= 11 is 0. The van der Waals surface area contributed by atoms with Gasteiger partial charge in [-0.25, -0.2) is 13.1 Å². The number of sulfonamides is 1. The molecule has 2 rings (SSSR count). The maximum Gasteiger partial charge on any atom is 0.277 e. The molecule has 0 saturated heterocycles. The summed E-state index contributed by atoms with van der Waals surface area (Å²) in [5, 5.41) is 11.3. The smallest absolute Gasteiger partial charge is 0.258 e. The maximum atomic E-state index is 12.1. The molecule has 22 heavy (non-hydrogen) atoms. The van der Waals surface area contributed by atoms with Gasteiger partial charge in [-0.05, 0) is 31.2 Å². The van der Waals surface area contributed by atoms with E-state index in [2.05, 4.69) is 4.72 Å². The minimum absolute atomic E-state index is 0.0184. The van der Waals surface area contributed by atoms with Gasteiger partial charge in [0.05, 0.1) is 15.4 Å². The molecule has 2 aromatic rings. The van der Waals surface area contributed by atoms with Gasteiger partial charge >= 0.3 is 0 Å². The van der Waals surface area contributed by atoms with Crippen molar-refractivity contribution in [3.05, 3.63) is 58.1 Å². The van der Waals surface area contributed by atoms with Crippen LogP contribution in [0.2, 0.25) is 0 Å². The van der Waals surface area contributed by atoms with Gasteiger partial charge in [0.2, 0.25) is 10.0 Å². The zero-order chi connectivity index (χ0) is 16.3. The van der Waals surface area contributed by atoms with Crippen LogP contribution in [0.4, 0.5) is 5.69 Å². The second kappa shape index (κ2) is 6.25. The molecule has 116 valence electrons. The highest BCUT2D eigenvalue weighted by atomic mass is 32.2. The van der Waals surface area contributed by atoms with Crippen molar-refractivity contribution < 1.29 is 13.3 Å². The van der Waals surface area contributed by atoms with Gasteiger partial charge in [-0.15, -0.1) is 0 Å². The molecular weight excluding hydrogens is 304 g/mol. The summed E-state index contributed by atoms with van der Waals surface area (Å²) in [6.45, 7) is 1.90. The summed E-state index contributed by atoms with van der Waals surface area (Å²) in [4.78, 5) is 10.9. The lowest BCUT2D eigenvalue weighted by Gasteiger charge is -2.11. The van der Waals surface area contributed by atoms with Crippen molar-refractivity contribution in [2.45, 2.75) is 18.2 Å². The predicted molar refractivity (Wildman–Crippen MR) is 84.2 cm³/mol. The van der Waals surface area contributed by atoms with Crippen molar-refractivity contribution in [2.24, 2.45) is 0 Å². The van der Waals surface area contributed by atoms with Gasteiger partial charge in [0, 0.05) is 11.6 Å². The Kier molecular flexibility index (Phi) is 4.58. The van der Waals surface area contributed by atoms with Gasteiger partial charge in [0.25, 0.3) is 5.69 Å². The third-order valence-electron chi connectivity index (χ3n) is 3.40. The molecule has 7 heteroatoms. The summed E-state index contributed by atoms with van der Waals surface area (Å²) in [6, 6.07) is 11.1. The van der Waals surface area contributed by atoms with Crippen LogP contribution in [0.5, 0.6) is 0 Å². The van der Waals surface area contributed by atoms with E-state index in [0.29, 0.717) is 12.0 Å². The Labute approximate surface area is 129 Å². The molecule has 0 spiro atoms. The average Bonchev–Trinajstić information content (AvgIpc) is 2.54. The van der Waals surface area contributed by atoms with Crippen LogP contribution in [0, 0.1) is 10.1 Å². The first-order valence-corrected chi connectivity index (χ1v) is 8.19. The highest BCUT2D eigenvalue weighted by molar-refractivity contribution is 7.89. The Balaban J connectivity index is 2.76. The molecule has 6 nitrogen and oxygen atoms in total. The zero-order valence-electron chi connectivity index (χ0n) is 12.2. The molecule has 2 aromatic carbocycles. The van der Waals surface area contributed by atoms with Gasteiger partial charge in [-0.3, -0.25) is 10.1 Å². The van der Waals surface area contributed by atoms with E-state index >= 15 is 0 Å². The van der Waals surface area contributed by atoms with E-state index in [1.807, 2.05) is 6.92 Å².